The van der Waals surface area contributed by atoms with Crippen molar-refractivity contribution in [3.63, 3.8) is 0 Å². The van der Waals surface area contributed by atoms with Crippen LogP contribution in [0.3, 0.4) is 0 Å². The molecule has 0 radical (unpaired) electrons. The number of benzene rings is 7. The lowest BCUT2D eigenvalue weighted by Crippen LogP contribution is -2.36. The Bertz CT molecular complexity index is 2540. The van der Waals surface area contributed by atoms with E-state index in [0.29, 0.717) is 18.9 Å². The molecule has 62 heavy (non-hydrogen) atoms. The average molecular weight is 809 g/mol. The van der Waals surface area contributed by atoms with Crippen molar-refractivity contribution in [3.8, 4) is 0 Å². The molecule has 0 saturated carbocycles. The molecule has 304 valence electrons. The van der Waals surface area contributed by atoms with Gasteiger partial charge < -0.3 is 13.9 Å². The zero-order valence-electron chi connectivity index (χ0n) is 34.5. The van der Waals surface area contributed by atoms with Crippen molar-refractivity contribution in [1.29, 1.82) is 0 Å². The van der Waals surface area contributed by atoms with Gasteiger partial charge in [-0.2, -0.15) is 0 Å². The monoisotopic (exact) mass is 808 g/mol. The first-order valence-electron chi connectivity index (χ1n) is 20.9. The fourth-order valence-corrected chi connectivity index (χ4v) is 8.28. The maximum Gasteiger partial charge on any atom is 0.169 e. The number of imidazole rings is 2. The molecule has 9 aromatic rings. The molecule has 7 aromatic carbocycles. The zero-order chi connectivity index (χ0) is 42.3. The first-order chi connectivity index (χ1) is 30.7. The number of nitrogens with zero attached hydrogens (tertiary/aromatic N) is 4. The lowest BCUT2D eigenvalue weighted by atomic mass is 9.77. The second-order valence-corrected chi connectivity index (χ2v) is 14.9. The van der Waals surface area contributed by atoms with Gasteiger partial charge in [-0.1, -0.05) is 218 Å². The highest BCUT2D eigenvalue weighted by Gasteiger charge is 2.39. The van der Waals surface area contributed by atoms with Crippen molar-refractivity contribution in [1.82, 2.24) is 19.1 Å². The quantitative estimate of drug-likeness (QED) is 0.0588. The van der Waals surface area contributed by atoms with Crippen molar-refractivity contribution >= 4 is 12.4 Å². The summed E-state index contributed by atoms with van der Waals surface area (Å²) in [5.41, 5.74) is 8.24. The van der Waals surface area contributed by atoms with Crippen LogP contribution in [0.1, 0.15) is 61.5 Å². The van der Waals surface area contributed by atoms with E-state index < -0.39 is 11.1 Å². The minimum atomic E-state index is -0.613. The van der Waals surface area contributed by atoms with Gasteiger partial charge in [-0.15, -0.1) is 0 Å². The second kappa shape index (κ2) is 20.1. The molecular formula is C56H48N4O2. The van der Waals surface area contributed by atoms with E-state index in [9.17, 15) is 4.79 Å². The van der Waals surface area contributed by atoms with Gasteiger partial charge in [0.2, 0.25) is 0 Å². The standard InChI is InChI=1S/C33H30N2O.C23H18N2O/c1-5-15-28(16-6-1)26-36-24-14-13-23-32-25-35(27-34-32)33(29-17-7-2-8-18-29,30-19-9-3-10-20-30)31-21-11-4-12-22-31;26-17-22-16-25(18-24-22)23(19-10-4-1-5-11-19,20-12-6-2-7-13-20)21-14-8-3-9-15-21/h1-13,15-23,25,27H,14,24,26H2;1-18H/b23-13-;. The molecule has 0 bridgehead atoms. The van der Waals surface area contributed by atoms with Gasteiger partial charge in [0.25, 0.3) is 0 Å². The summed E-state index contributed by atoms with van der Waals surface area (Å²) in [6.45, 7) is 1.31. The van der Waals surface area contributed by atoms with E-state index in [-0.39, 0.29) is 0 Å². The Morgan fingerprint density at radius 1 is 0.435 bits per heavy atom. The van der Waals surface area contributed by atoms with Gasteiger partial charge in [0, 0.05) is 12.4 Å². The Morgan fingerprint density at radius 2 is 0.758 bits per heavy atom. The molecule has 9 rings (SSSR count). The van der Waals surface area contributed by atoms with Gasteiger partial charge >= 0.3 is 0 Å². The molecule has 6 nitrogen and oxygen atoms in total. The summed E-state index contributed by atoms with van der Waals surface area (Å²) in [7, 11) is 0. The van der Waals surface area contributed by atoms with Gasteiger partial charge in [-0.3, -0.25) is 4.79 Å². The number of rotatable bonds is 15. The summed E-state index contributed by atoms with van der Waals surface area (Å²) in [5.74, 6) is 0. The summed E-state index contributed by atoms with van der Waals surface area (Å²) in [6.07, 6.45) is 13.4. The van der Waals surface area contributed by atoms with Gasteiger partial charge in [0.05, 0.1) is 31.6 Å². The fourth-order valence-electron chi connectivity index (χ4n) is 8.28. The molecule has 0 unspecified atom stereocenters. The molecule has 0 N–H and O–H groups in total. The minimum absolute atomic E-state index is 0.414. The summed E-state index contributed by atoms with van der Waals surface area (Å²) in [5, 5.41) is 0. The Balaban J connectivity index is 0.000000180. The SMILES string of the molecule is C(=C/c1cn(C(c2ccccc2)(c2ccccc2)c2ccccc2)cn1)/CCOCc1ccccc1.O=Cc1cn(C(c2ccccc2)(c2ccccc2)c2ccccc2)cn1. The largest absolute Gasteiger partial charge is 0.376 e. The van der Waals surface area contributed by atoms with Gasteiger partial charge in [0.15, 0.2) is 6.29 Å². The van der Waals surface area contributed by atoms with Gasteiger partial charge in [-0.05, 0) is 51.4 Å². The van der Waals surface area contributed by atoms with E-state index in [4.69, 9.17) is 9.72 Å². The van der Waals surface area contributed by atoms with Crippen molar-refractivity contribution in [2.45, 2.75) is 24.1 Å². The van der Waals surface area contributed by atoms with Crippen molar-refractivity contribution in [2.24, 2.45) is 0 Å². The van der Waals surface area contributed by atoms with Crippen LogP contribution in [-0.2, 0) is 22.4 Å². The smallest absolute Gasteiger partial charge is 0.169 e. The number of aldehydes is 1. The highest BCUT2D eigenvalue weighted by molar-refractivity contribution is 5.71. The maximum atomic E-state index is 11.3. The third-order valence-corrected chi connectivity index (χ3v) is 11.1. The van der Waals surface area contributed by atoms with Crippen molar-refractivity contribution in [3.05, 3.63) is 294 Å². The van der Waals surface area contributed by atoms with Crippen LogP contribution in [-0.4, -0.2) is 32.0 Å². The van der Waals surface area contributed by atoms with Gasteiger partial charge in [-0.25, -0.2) is 9.97 Å². The molecule has 0 aliphatic carbocycles. The van der Waals surface area contributed by atoms with E-state index in [0.717, 1.165) is 35.1 Å². The van der Waals surface area contributed by atoms with Crippen LogP contribution in [0.2, 0.25) is 0 Å². The number of hydrogen-bond acceptors (Lipinski definition) is 4. The van der Waals surface area contributed by atoms with E-state index in [1.54, 1.807) is 12.5 Å². The molecule has 0 saturated heterocycles. The normalized spacial score (nSPS) is 11.5. The van der Waals surface area contributed by atoms with Crippen molar-refractivity contribution < 1.29 is 9.53 Å². The molecule has 0 fully saturated rings. The number of hydrogen-bond donors (Lipinski definition) is 0. The van der Waals surface area contributed by atoms with Crippen LogP contribution in [0.15, 0.2) is 243 Å². The number of aromatic nitrogens is 4. The molecule has 0 aliphatic rings. The summed E-state index contributed by atoms with van der Waals surface area (Å²) in [4.78, 5) is 20.3. The topological polar surface area (TPSA) is 61.9 Å². The molecule has 0 aliphatic heterocycles. The molecule has 0 spiro atoms. The fraction of sp³-hybridized carbons (Fsp3) is 0.0893. The number of carbonyl (C=O) groups is 1. The molecule has 0 amide bonds. The molecule has 6 heteroatoms. The number of carbonyl (C=O) groups excluding carboxylic acids is 1. The third-order valence-electron chi connectivity index (χ3n) is 11.1. The van der Waals surface area contributed by atoms with Crippen LogP contribution in [0.5, 0.6) is 0 Å². The Morgan fingerprint density at radius 3 is 1.10 bits per heavy atom. The lowest BCUT2D eigenvalue weighted by molar-refractivity contribution is 0.111. The van der Waals surface area contributed by atoms with Crippen LogP contribution in [0, 0.1) is 0 Å². The summed E-state index contributed by atoms with van der Waals surface area (Å²) < 4.78 is 10.1. The van der Waals surface area contributed by atoms with Crippen molar-refractivity contribution in [2.75, 3.05) is 6.61 Å². The molecule has 2 aromatic heterocycles. The van der Waals surface area contributed by atoms with E-state index in [1.807, 2.05) is 83.7 Å². The Kier molecular flexibility index (Phi) is 13.3. The predicted molar refractivity (Wildman–Crippen MR) is 249 cm³/mol. The summed E-state index contributed by atoms with van der Waals surface area (Å²) >= 11 is 0. The zero-order valence-corrected chi connectivity index (χ0v) is 34.5. The van der Waals surface area contributed by atoms with Gasteiger partial charge in [0.1, 0.15) is 16.8 Å². The minimum Gasteiger partial charge on any atom is -0.376 e. The third kappa shape index (κ3) is 8.78. The first-order valence-corrected chi connectivity index (χ1v) is 20.9. The summed E-state index contributed by atoms with van der Waals surface area (Å²) in [6, 6.07) is 73.1. The lowest BCUT2D eigenvalue weighted by Gasteiger charge is -2.37. The molecule has 0 atom stereocenters. The average Bonchev–Trinajstić information content (AvgIpc) is 4.04. The highest BCUT2D eigenvalue weighted by atomic mass is 16.5. The maximum absolute atomic E-state index is 11.3. The Labute approximate surface area is 364 Å². The van der Waals surface area contributed by atoms with E-state index in [2.05, 4.69) is 167 Å². The van der Waals surface area contributed by atoms with Crippen LogP contribution in [0.25, 0.3) is 6.08 Å². The molecule has 2 heterocycles. The predicted octanol–water partition coefficient (Wildman–Crippen LogP) is 11.9. The highest BCUT2D eigenvalue weighted by Crippen LogP contribution is 2.42. The number of ether oxygens (including phenoxy) is 1. The van der Waals surface area contributed by atoms with E-state index >= 15 is 0 Å². The van der Waals surface area contributed by atoms with Crippen LogP contribution >= 0.6 is 0 Å². The Hall–Kier alpha value is -7.67. The second-order valence-electron chi connectivity index (χ2n) is 14.9. The van der Waals surface area contributed by atoms with Crippen LogP contribution in [0.4, 0.5) is 0 Å². The van der Waals surface area contributed by atoms with E-state index in [1.165, 1.54) is 22.3 Å². The first kappa shape index (κ1) is 41.1. The van der Waals surface area contributed by atoms with Crippen LogP contribution < -0.4 is 0 Å². The molecular weight excluding hydrogens is 761 g/mol.